The average molecular weight is 300 g/mol. The molecule has 0 radical (unpaired) electrons. The molecule has 0 aliphatic carbocycles. The van der Waals surface area contributed by atoms with Gasteiger partial charge in [-0.25, -0.2) is 4.68 Å². The first-order chi connectivity index (χ1) is 10.3. The van der Waals surface area contributed by atoms with Crippen LogP contribution >= 0.6 is 0 Å². The maximum absolute atomic E-state index is 12.4. The number of benzene rings is 1. The van der Waals surface area contributed by atoms with Gasteiger partial charge in [0, 0.05) is 12.6 Å². The van der Waals surface area contributed by atoms with Crippen LogP contribution in [0.25, 0.3) is 0 Å². The lowest BCUT2D eigenvalue weighted by Gasteiger charge is -2.15. The second-order valence-electron chi connectivity index (χ2n) is 5.44. The number of nitrogens with zero attached hydrogens (tertiary/aromatic N) is 3. The molecule has 116 valence electrons. The molecule has 0 aliphatic rings. The Bertz CT molecular complexity index is 734. The second-order valence-corrected chi connectivity index (χ2v) is 5.44. The molecule has 2 aromatic rings. The van der Waals surface area contributed by atoms with Crippen LogP contribution in [0.15, 0.2) is 18.2 Å². The first kappa shape index (κ1) is 15.9. The summed E-state index contributed by atoms with van der Waals surface area (Å²) in [4.78, 5) is 23.9. The largest absolute Gasteiger partial charge is 0.324 e. The number of hydrogen-bond donors (Lipinski definition) is 1. The highest BCUT2D eigenvalue weighted by Gasteiger charge is 2.22. The highest BCUT2D eigenvalue weighted by atomic mass is 16.2. The molecule has 2 rings (SSSR count). The molecule has 1 N–H and O–H groups in total. The molecule has 0 saturated carbocycles. The maximum Gasteiger partial charge on any atom is 0.249 e. The number of carbonyl (C=O) groups excluding carboxylic acids is 2. The van der Waals surface area contributed by atoms with Gasteiger partial charge in [0.2, 0.25) is 5.91 Å². The highest BCUT2D eigenvalue weighted by Crippen LogP contribution is 2.20. The van der Waals surface area contributed by atoms with Crippen molar-refractivity contribution in [2.24, 2.45) is 0 Å². The van der Waals surface area contributed by atoms with E-state index in [0.717, 1.165) is 16.8 Å². The van der Waals surface area contributed by atoms with E-state index in [9.17, 15) is 9.59 Å². The van der Waals surface area contributed by atoms with Crippen molar-refractivity contribution in [2.45, 2.75) is 40.7 Å². The van der Waals surface area contributed by atoms with E-state index in [-0.39, 0.29) is 11.7 Å². The van der Waals surface area contributed by atoms with Gasteiger partial charge in [-0.15, -0.1) is 5.10 Å². The lowest BCUT2D eigenvalue weighted by Crippen LogP contribution is -2.25. The molecule has 0 spiro atoms. The van der Waals surface area contributed by atoms with Gasteiger partial charge in [0.15, 0.2) is 11.5 Å². The molecular weight excluding hydrogens is 280 g/mol. The molecule has 0 bridgehead atoms. The fourth-order valence-electron chi connectivity index (χ4n) is 2.27. The standard InChI is InChI=1S/C16H20N4O2/c1-9-7-6-8-14(10(9)2)17-16(22)12(4)20-11(3)15(13(5)21)18-19-20/h6-8,12H,1-5H3,(H,17,22). The third-order valence-electron chi connectivity index (χ3n) is 3.87. The first-order valence-corrected chi connectivity index (χ1v) is 7.12. The summed E-state index contributed by atoms with van der Waals surface area (Å²) in [5.41, 5.74) is 3.81. The third-order valence-corrected chi connectivity index (χ3v) is 3.87. The number of carbonyl (C=O) groups is 2. The van der Waals surface area contributed by atoms with Crippen molar-refractivity contribution in [1.82, 2.24) is 15.0 Å². The summed E-state index contributed by atoms with van der Waals surface area (Å²) in [5, 5.41) is 10.7. The van der Waals surface area contributed by atoms with E-state index in [1.165, 1.54) is 11.6 Å². The van der Waals surface area contributed by atoms with Crippen molar-refractivity contribution in [3.63, 3.8) is 0 Å². The second kappa shape index (κ2) is 6.09. The van der Waals surface area contributed by atoms with Crippen LogP contribution in [-0.2, 0) is 4.79 Å². The van der Waals surface area contributed by atoms with Crippen molar-refractivity contribution in [3.05, 3.63) is 40.7 Å². The third kappa shape index (κ3) is 2.90. The van der Waals surface area contributed by atoms with Crippen molar-refractivity contribution in [3.8, 4) is 0 Å². The minimum absolute atomic E-state index is 0.161. The predicted octanol–water partition coefficient (Wildman–Crippen LogP) is 2.61. The Morgan fingerprint density at radius 2 is 1.91 bits per heavy atom. The van der Waals surface area contributed by atoms with Crippen LogP contribution < -0.4 is 5.32 Å². The smallest absolute Gasteiger partial charge is 0.249 e. The molecule has 1 heterocycles. The topological polar surface area (TPSA) is 76.9 Å². The molecule has 1 unspecified atom stereocenters. The zero-order valence-corrected chi connectivity index (χ0v) is 13.5. The predicted molar refractivity (Wildman–Crippen MR) is 84.0 cm³/mol. The number of anilines is 1. The Labute approximate surface area is 129 Å². The van der Waals surface area contributed by atoms with Crippen LogP contribution in [0.3, 0.4) is 0 Å². The summed E-state index contributed by atoms with van der Waals surface area (Å²) >= 11 is 0. The molecule has 6 heteroatoms. The van der Waals surface area contributed by atoms with E-state index in [0.29, 0.717) is 11.4 Å². The monoisotopic (exact) mass is 300 g/mol. The minimum Gasteiger partial charge on any atom is -0.324 e. The number of aromatic nitrogens is 3. The molecule has 0 saturated heterocycles. The summed E-state index contributed by atoms with van der Waals surface area (Å²) in [6.45, 7) is 8.85. The summed E-state index contributed by atoms with van der Waals surface area (Å²) < 4.78 is 1.47. The minimum atomic E-state index is -0.555. The lowest BCUT2D eigenvalue weighted by atomic mass is 10.1. The van der Waals surface area contributed by atoms with Gasteiger partial charge in [0.1, 0.15) is 6.04 Å². The molecule has 0 aliphatic heterocycles. The van der Waals surface area contributed by atoms with Gasteiger partial charge < -0.3 is 5.32 Å². The summed E-state index contributed by atoms with van der Waals surface area (Å²) in [6, 6.07) is 5.20. The van der Waals surface area contributed by atoms with Gasteiger partial charge in [0.05, 0.1) is 5.69 Å². The van der Waals surface area contributed by atoms with E-state index in [1.807, 2.05) is 32.0 Å². The normalized spacial score (nSPS) is 12.0. The summed E-state index contributed by atoms with van der Waals surface area (Å²) in [6.07, 6.45) is 0. The maximum atomic E-state index is 12.4. The van der Waals surface area contributed by atoms with Crippen LogP contribution in [-0.4, -0.2) is 26.7 Å². The number of hydrogen-bond acceptors (Lipinski definition) is 4. The Morgan fingerprint density at radius 1 is 1.23 bits per heavy atom. The number of amides is 1. The van der Waals surface area contributed by atoms with E-state index in [4.69, 9.17) is 0 Å². The molecule has 0 fully saturated rings. The van der Waals surface area contributed by atoms with E-state index < -0.39 is 6.04 Å². The SMILES string of the molecule is CC(=O)c1nnn(C(C)C(=O)Nc2cccc(C)c2C)c1C. The molecule has 1 amide bonds. The Hall–Kier alpha value is -2.50. The van der Waals surface area contributed by atoms with Gasteiger partial charge >= 0.3 is 0 Å². The zero-order chi connectivity index (χ0) is 16.4. The number of nitrogens with one attached hydrogen (secondary N) is 1. The fourth-order valence-corrected chi connectivity index (χ4v) is 2.27. The Kier molecular flexibility index (Phi) is 4.40. The molecule has 22 heavy (non-hydrogen) atoms. The van der Waals surface area contributed by atoms with Crippen molar-refractivity contribution >= 4 is 17.4 Å². The van der Waals surface area contributed by atoms with Crippen LogP contribution in [0, 0.1) is 20.8 Å². The van der Waals surface area contributed by atoms with Gasteiger partial charge in [-0.3, -0.25) is 9.59 Å². The molecule has 1 atom stereocenters. The first-order valence-electron chi connectivity index (χ1n) is 7.12. The number of rotatable bonds is 4. The lowest BCUT2D eigenvalue weighted by molar-refractivity contribution is -0.119. The number of aryl methyl sites for hydroxylation is 1. The molecular formula is C16H20N4O2. The van der Waals surface area contributed by atoms with Crippen LogP contribution in [0.1, 0.15) is 47.2 Å². The van der Waals surface area contributed by atoms with Crippen molar-refractivity contribution < 1.29 is 9.59 Å². The van der Waals surface area contributed by atoms with Gasteiger partial charge in [-0.05, 0) is 44.9 Å². The average Bonchev–Trinajstić information content (AvgIpc) is 2.85. The van der Waals surface area contributed by atoms with Crippen LogP contribution in [0.4, 0.5) is 5.69 Å². The Balaban J connectivity index is 2.23. The van der Waals surface area contributed by atoms with Gasteiger partial charge in [0.25, 0.3) is 0 Å². The molecule has 1 aromatic heterocycles. The fraction of sp³-hybridized carbons (Fsp3) is 0.375. The van der Waals surface area contributed by atoms with Crippen molar-refractivity contribution in [2.75, 3.05) is 5.32 Å². The van der Waals surface area contributed by atoms with Gasteiger partial charge in [-0.2, -0.15) is 0 Å². The molecule has 6 nitrogen and oxygen atoms in total. The molecule has 1 aromatic carbocycles. The van der Waals surface area contributed by atoms with Crippen LogP contribution in [0.5, 0.6) is 0 Å². The zero-order valence-electron chi connectivity index (χ0n) is 13.5. The van der Waals surface area contributed by atoms with Gasteiger partial charge in [-0.1, -0.05) is 17.3 Å². The number of Topliss-reactive ketones (excluding diaryl/α,β-unsaturated/α-hetero) is 1. The van der Waals surface area contributed by atoms with E-state index >= 15 is 0 Å². The number of ketones is 1. The van der Waals surface area contributed by atoms with E-state index in [2.05, 4.69) is 15.6 Å². The van der Waals surface area contributed by atoms with E-state index in [1.54, 1.807) is 13.8 Å². The quantitative estimate of drug-likeness (QED) is 0.880. The summed E-state index contributed by atoms with van der Waals surface area (Å²) in [5.74, 6) is -0.359. The van der Waals surface area contributed by atoms with Crippen molar-refractivity contribution in [1.29, 1.82) is 0 Å². The van der Waals surface area contributed by atoms with Crippen LogP contribution in [0.2, 0.25) is 0 Å². The summed E-state index contributed by atoms with van der Waals surface area (Å²) in [7, 11) is 0. The highest BCUT2D eigenvalue weighted by molar-refractivity contribution is 5.95. The Morgan fingerprint density at radius 3 is 2.50 bits per heavy atom.